The number of nitro groups is 1. The molecule has 0 aliphatic carbocycles. The summed E-state index contributed by atoms with van der Waals surface area (Å²) >= 11 is 0. The SMILES string of the molecule is COc1cc(C)c(S(=O)(=O)Nc2cc([N+](=O)[O-])ccc2OC)c(C)c1. The number of rotatable bonds is 6. The summed E-state index contributed by atoms with van der Waals surface area (Å²) in [5.41, 5.74) is 0.732. The number of hydrogen-bond acceptors (Lipinski definition) is 6. The highest BCUT2D eigenvalue weighted by Crippen LogP contribution is 2.33. The molecule has 0 spiro atoms. The average Bonchev–Trinajstić information content (AvgIpc) is 2.53. The van der Waals surface area contributed by atoms with Crippen molar-refractivity contribution >= 4 is 21.4 Å². The Balaban J connectivity index is 2.53. The van der Waals surface area contributed by atoms with Gasteiger partial charge in [-0.15, -0.1) is 0 Å². The molecule has 0 saturated carbocycles. The first-order valence-electron chi connectivity index (χ1n) is 7.20. The lowest BCUT2D eigenvalue weighted by Crippen LogP contribution is -2.16. The Morgan fingerprint density at radius 3 is 2.12 bits per heavy atom. The summed E-state index contributed by atoms with van der Waals surface area (Å²) < 4.78 is 38.2. The van der Waals surface area contributed by atoms with Crippen LogP contribution in [-0.2, 0) is 10.0 Å². The van der Waals surface area contributed by atoms with Crippen LogP contribution in [0.25, 0.3) is 0 Å². The summed E-state index contributed by atoms with van der Waals surface area (Å²) in [5.74, 6) is 0.722. The summed E-state index contributed by atoms with van der Waals surface area (Å²) in [6, 6.07) is 6.90. The highest BCUT2D eigenvalue weighted by atomic mass is 32.2. The van der Waals surface area contributed by atoms with Gasteiger partial charge in [-0.05, 0) is 43.2 Å². The van der Waals surface area contributed by atoms with Crippen molar-refractivity contribution in [2.24, 2.45) is 0 Å². The smallest absolute Gasteiger partial charge is 0.271 e. The number of methoxy groups -OCH3 is 2. The van der Waals surface area contributed by atoms with E-state index in [1.807, 2.05) is 0 Å². The van der Waals surface area contributed by atoms with E-state index in [9.17, 15) is 18.5 Å². The summed E-state index contributed by atoms with van der Waals surface area (Å²) in [7, 11) is -1.14. The van der Waals surface area contributed by atoms with Gasteiger partial charge in [0.1, 0.15) is 11.5 Å². The van der Waals surface area contributed by atoms with Crippen molar-refractivity contribution in [3.63, 3.8) is 0 Å². The first-order chi connectivity index (χ1) is 11.7. The number of nitrogens with one attached hydrogen (secondary N) is 1. The maximum absolute atomic E-state index is 12.8. The van der Waals surface area contributed by atoms with Gasteiger partial charge in [-0.1, -0.05) is 0 Å². The highest BCUT2D eigenvalue weighted by molar-refractivity contribution is 7.92. The van der Waals surface area contributed by atoms with E-state index in [-0.39, 0.29) is 22.0 Å². The van der Waals surface area contributed by atoms with Crippen LogP contribution in [0.5, 0.6) is 11.5 Å². The van der Waals surface area contributed by atoms with Crippen molar-refractivity contribution in [3.05, 3.63) is 51.6 Å². The van der Waals surface area contributed by atoms with Crippen LogP contribution in [0.4, 0.5) is 11.4 Å². The third kappa shape index (κ3) is 3.82. The third-order valence-corrected chi connectivity index (χ3v) is 5.25. The van der Waals surface area contributed by atoms with Gasteiger partial charge < -0.3 is 9.47 Å². The maximum atomic E-state index is 12.8. The molecule has 0 amide bonds. The molecule has 0 saturated heterocycles. The fraction of sp³-hybridized carbons (Fsp3) is 0.250. The van der Waals surface area contributed by atoms with Crippen molar-refractivity contribution in [2.45, 2.75) is 18.7 Å². The van der Waals surface area contributed by atoms with Crippen LogP contribution in [0, 0.1) is 24.0 Å². The molecule has 0 unspecified atom stereocenters. The second kappa shape index (κ2) is 6.98. The fourth-order valence-corrected chi connectivity index (χ4v) is 4.05. The van der Waals surface area contributed by atoms with E-state index in [4.69, 9.17) is 9.47 Å². The quantitative estimate of drug-likeness (QED) is 0.622. The van der Waals surface area contributed by atoms with Crippen LogP contribution in [0.3, 0.4) is 0 Å². The molecular weight excluding hydrogens is 348 g/mol. The van der Waals surface area contributed by atoms with E-state index in [0.717, 1.165) is 6.07 Å². The molecule has 0 radical (unpaired) electrons. The summed E-state index contributed by atoms with van der Waals surface area (Å²) in [6.07, 6.45) is 0. The number of nitro benzene ring substituents is 1. The van der Waals surface area contributed by atoms with Crippen LogP contribution in [0.1, 0.15) is 11.1 Å². The molecule has 1 N–H and O–H groups in total. The molecule has 25 heavy (non-hydrogen) atoms. The molecule has 0 aliphatic rings. The Bertz CT molecular complexity index is 901. The Morgan fingerprint density at radius 1 is 1.04 bits per heavy atom. The van der Waals surface area contributed by atoms with Crippen molar-refractivity contribution < 1.29 is 22.8 Å². The number of benzene rings is 2. The molecule has 8 nitrogen and oxygen atoms in total. The molecule has 0 heterocycles. The fourth-order valence-electron chi connectivity index (χ4n) is 2.54. The normalized spacial score (nSPS) is 11.0. The van der Waals surface area contributed by atoms with Gasteiger partial charge in [-0.25, -0.2) is 8.42 Å². The molecule has 0 aromatic heterocycles. The van der Waals surface area contributed by atoms with Crippen molar-refractivity contribution in [1.82, 2.24) is 0 Å². The average molecular weight is 366 g/mol. The zero-order chi connectivity index (χ0) is 18.8. The summed E-state index contributed by atoms with van der Waals surface area (Å²) in [5, 5.41) is 10.9. The zero-order valence-electron chi connectivity index (χ0n) is 14.2. The van der Waals surface area contributed by atoms with E-state index >= 15 is 0 Å². The van der Waals surface area contributed by atoms with E-state index in [1.165, 1.54) is 26.4 Å². The first kappa shape index (κ1) is 18.5. The molecular formula is C16H18N2O6S. The lowest BCUT2D eigenvalue weighted by Gasteiger charge is -2.15. The van der Waals surface area contributed by atoms with E-state index < -0.39 is 14.9 Å². The van der Waals surface area contributed by atoms with E-state index in [1.54, 1.807) is 26.0 Å². The largest absolute Gasteiger partial charge is 0.497 e. The van der Waals surface area contributed by atoms with E-state index in [2.05, 4.69) is 4.72 Å². The van der Waals surface area contributed by atoms with Gasteiger partial charge in [-0.2, -0.15) is 0 Å². The topological polar surface area (TPSA) is 108 Å². The molecule has 9 heteroatoms. The Labute approximate surface area is 145 Å². The summed E-state index contributed by atoms with van der Waals surface area (Å²) in [4.78, 5) is 10.4. The predicted molar refractivity (Wildman–Crippen MR) is 92.9 cm³/mol. The number of anilines is 1. The van der Waals surface area contributed by atoms with E-state index in [0.29, 0.717) is 16.9 Å². The van der Waals surface area contributed by atoms with Crippen molar-refractivity contribution in [1.29, 1.82) is 0 Å². The third-order valence-electron chi connectivity index (χ3n) is 3.58. The maximum Gasteiger partial charge on any atom is 0.271 e. The summed E-state index contributed by atoms with van der Waals surface area (Å²) in [6.45, 7) is 3.30. The minimum absolute atomic E-state index is 0.00804. The monoisotopic (exact) mass is 366 g/mol. The number of aryl methyl sites for hydroxylation is 2. The predicted octanol–water partition coefficient (Wildman–Crippen LogP) is 3.03. The van der Waals surface area contributed by atoms with Gasteiger partial charge in [0.2, 0.25) is 0 Å². The van der Waals surface area contributed by atoms with Crippen molar-refractivity contribution in [3.8, 4) is 11.5 Å². The minimum atomic E-state index is -3.98. The van der Waals surface area contributed by atoms with Gasteiger partial charge in [-0.3, -0.25) is 14.8 Å². The van der Waals surface area contributed by atoms with Crippen molar-refractivity contribution in [2.75, 3.05) is 18.9 Å². The van der Waals surface area contributed by atoms with Crippen LogP contribution in [0.2, 0.25) is 0 Å². The number of sulfonamides is 1. The van der Waals surface area contributed by atoms with Gasteiger partial charge in [0, 0.05) is 12.1 Å². The van der Waals surface area contributed by atoms with Crippen LogP contribution >= 0.6 is 0 Å². The number of nitrogens with zero attached hydrogens (tertiary/aromatic N) is 1. The molecule has 134 valence electrons. The number of hydrogen-bond donors (Lipinski definition) is 1. The second-order valence-electron chi connectivity index (χ2n) is 5.34. The Kier molecular flexibility index (Phi) is 5.17. The Morgan fingerprint density at radius 2 is 1.64 bits per heavy atom. The molecule has 0 aliphatic heterocycles. The molecule has 0 atom stereocenters. The number of ether oxygens (including phenoxy) is 2. The van der Waals surface area contributed by atoms with Gasteiger partial charge >= 0.3 is 0 Å². The lowest BCUT2D eigenvalue weighted by molar-refractivity contribution is -0.384. The lowest BCUT2D eigenvalue weighted by atomic mass is 10.1. The zero-order valence-corrected chi connectivity index (χ0v) is 15.0. The second-order valence-corrected chi connectivity index (χ2v) is 6.96. The van der Waals surface area contributed by atoms with Gasteiger partial charge in [0.25, 0.3) is 15.7 Å². The highest BCUT2D eigenvalue weighted by Gasteiger charge is 2.23. The Hall–Kier alpha value is -2.81. The van der Waals surface area contributed by atoms with Crippen LogP contribution < -0.4 is 14.2 Å². The first-order valence-corrected chi connectivity index (χ1v) is 8.68. The van der Waals surface area contributed by atoms with Gasteiger partial charge in [0.05, 0.1) is 29.7 Å². The van der Waals surface area contributed by atoms with Gasteiger partial charge in [0.15, 0.2) is 0 Å². The van der Waals surface area contributed by atoms with Crippen LogP contribution in [0.15, 0.2) is 35.2 Å². The minimum Gasteiger partial charge on any atom is -0.497 e. The molecule has 2 rings (SSSR count). The molecule has 0 bridgehead atoms. The van der Waals surface area contributed by atoms with Crippen LogP contribution in [-0.4, -0.2) is 27.6 Å². The standard InChI is InChI=1S/C16H18N2O6S/c1-10-7-13(23-3)8-11(2)16(10)25(21,22)17-14-9-12(18(19)20)5-6-15(14)24-4/h5-9,17H,1-4H3. The number of non-ortho nitro benzene ring substituents is 1. The molecule has 2 aromatic rings. The molecule has 0 fully saturated rings. The molecule has 2 aromatic carbocycles.